The Morgan fingerprint density at radius 2 is 2.16 bits per heavy atom. The van der Waals surface area contributed by atoms with Crippen molar-refractivity contribution in [2.45, 2.75) is 25.8 Å². The lowest BCUT2D eigenvalue weighted by Gasteiger charge is -2.23. The molecule has 13 heteroatoms. The van der Waals surface area contributed by atoms with Crippen molar-refractivity contribution >= 4 is 33.9 Å². The van der Waals surface area contributed by atoms with Crippen molar-refractivity contribution < 1.29 is 19.4 Å². The van der Waals surface area contributed by atoms with Crippen LogP contribution < -0.4 is 16.1 Å². The molecule has 1 aliphatic heterocycles. The summed E-state index contributed by atoms with van der Waals surface area (Å²) in [5, 5.41) is 29.3. The zero-order valence-corrected chi connectivity index (χ0v) is 18.0. The first-order chi connectivity index (χ1) is 15.0. The standard InChI is InChI=1S/C18H20BrN9O3/c19-12-4-5-14(29)11(8-12)9-21-23-18(30)15-13(10-27-6-2-1-3-7-27)28(26-22-15)17-16(20)24-31-25-17/h4-5,8-9,29H,1-3,6-7,10H2,(H2,20,24)(H,23,30)/p+1/b21-9+. The number of rotatable bonds is 6. The first-order valence-corrected chi connectivity index (χ1v) is 10.5. The van der Waals surface area contributed by atoms with Crippen LogP contribution in [0, 0.1) is 0 Å². The summed E-state index contributed by atoms with van der Waals surface area (Å²) < 4.78 is 6.83. The third kappa shape index (κ3) is 4.72. The molecule has 1 amide bonds. The van der Waals surface area contributed by atoms with Gasteiger partial charge in [0.05, 0.1) is 19.3 Å². The number of halogens is 1. The molecule has 2 aromatic heterocycles. The number of carbonyl (C=O) groups excluding carboxylic acids is 1. The number of hydrazone groups is 1. The fraction of sp³-hybridized carbons (Fsp3) is 0.333. The van der Waals surface area contributed by atoms with Crippen LogP contribution in [0.2, 0.25) is 0 Å². The first-order valence-electron chi connectivity index (χ1n) is 9.71. The van der Waals surface area contributed by atoms with Crippen LogP contribution >= 0.6 is 15.9 Å². The van der Waals surface area contributed by atoms with Gasteiger partial charge in [-0.3, -0.25) is 4.79 Å². The van der Waals surface area contributed by atoms with E-state index >= 15 is 0 Å². The minimum atomic E-state index is -0.543. The highest BCUT2D eigenvalue weighted by Crippen LogP contribution is 2.20. The molecule has 12 nitrogen and oxygen atoms in total. The Bertz CT molecular complexity index is 1100. The van der Waals surface area contributed by atoms with Gasteiger partial charge in [-0.1, -0.05) is 21.1 Å². The second kappa shape index (κ2) is 9.22. The molecule has 162 valence electrons. The number of phenolic OH excluding ortho intramolecular Hbond substituents is 1. The molecule has 1 aliphatic rings. The number of hydrogen-bond donors (Lipinski definition) is 4. The zero-order valence-electron chi connectivity index (χ0n) is 16.5. The molecule has 0 bridgehead atoms. The van der Waals surface area contributed by atoms with Gasteiger partial charge in [0.2, 0.25) is 11.6 Å². The lowest BCUT2D eigenvalue weighted by molar-refractivity contribution is -0.918. The Morgan fingerprint density at radius 3 is 2.90 bits per heavy atom. The van der Waals surface area contributed by atoms with E-state index in [0.29, 0.717) is 17.8 Å². The van der Waals surface area contributed by atoms with Crippen molar-refractivity contribution in [1.82, 2.24) is 30.7 Å². The number of phenols is 1. The third-order valence-electron chi connectivity index (χ3n) is 5.01. The number of aromatic hydroxyl groups is 1. The van der Waals surface area contributed by atoms with E-state index in [1.54, 1.807) is 12.1 Å². The maximum absolute atomic E-state index is 12.8. The van der Waals surface area contributed by atoms with E-state index in [0.717, 1.165) is 30.4 Å². The van der Waals surface area contributed by atoms with E-state index in [1.807, 2.05) is 0 Å². The van der Waals surface area contributed by atoms with Crippen LogP contribution in [0.1, 0.15) is 41.0 Å². The molecule has 1 aromatic carbocycles. The highest BCUT2D eigenvalue weighted by molar-refractivity contribution is 9.10. The highest BCUT2D eigenvalue weighted by Gasteiger charge is 2.27. The number of likely N-dealkylation sites (tertiary alicyclic amines) is 1. The Labute approximate surface area is 185 Å². The van der Waals surface area contributed by atoms with Crippen LogP contribution in [0.4, 0.5) is 5.82 Å². The quantitative estimate of drug-likeness (QED) is 0.278. The molecule has 0 spiro atoms. The average Bonchev–Trinajstić information content (AvgIpc) is 3.37. The number of benzene rings is 1. The molecule has 4 rings (SSSR count). The maximum Gasteiger partial charge on any atom is 0.294 e. The normalized spacial score (nSPS) is 14.9. The predicted octanol–water partition coefficient (Wildman–Crippen LogP) is 0.0333. The van der Waals surface area contributed by atoms with Crippen LogP contribution in [0.3, 0.4) is 0 Å². The van der Waals surface area contributed by atoms with Gasteiger partial charge >= 0.3 is 0 Å². The number of carbonyl (C=O) groups is 1. The lowest BCUT2D eigenvalue weighted by Crippen LogP contribution is -3.11. The smallest absolute Gasteiger partial charge is 0.294 e. The Balaban J connectivity index is 1.58. The van der Waals surface area contributed by atoms with E-state index in [2.05, 4.69) is 51.7 Å². The summed E-state index contributed by atoms with van der Waals surface area (Å²) in [5.41, 5.74) is 9.34. The average molecular weight is 491 g/mol. The minimum Gasteiger partial charge on any atom is -0.507 e. The molecule has 31 heavy (non-hydrogen) atoms. The van der Waals surface area contributed by atoms with Crippen LogP contribution in [0.15, 0.2) is 32.4 Å². The van der Waals surface area contributed by atoms with Crippen LogP contribution in [-0.4, -0.2) is 55.6 Å². The van der Waals surface area contributed by atoms with Crippen molar-refractivity contribution in [3.05, 3.63) is 39.6 Å². The van der Waals surface area contributed by atoms with Crippen LogP contribution in [0.25, 0.3) is 5.82 Å². The van der Waals surface area contributed by atoms with Gasteiger partial charge in [0.1, 0.15) is 18.0 Å². The van der Waals surface area contributed by atoms with E-state index in [-0.39, 0.29) is 23.1 Å². The number of piperidine rings is 1. The Hall–Kier alpha value is -3.32. The molecule has 5 N–H and O–H groups in total. The molecule has 0 radical (unpaired) electrons. The van der Waals surface area contributed by atoms with Crippen molar-refractivity contribution in [2.75, 3.05) is 18.8 Å². The number of nitrogens with two attached hydrogens (primary N) is 1. The monoisotopic (exact) mass is 490 g/mol. The number of amides is 1. The topological polar surface area (TPSA) is 162 Å². The maximum atomic E-state index is 12.8. The molecule has 3 aromatic rings. The number of nitrogens with zero attached hydrogens (tertiary/aromatic N) is 6. The second-order valence-corrected chi connectivity index (χ2v) is 8.07. The molecule has 0 saturated carbocycles. The molecule has 0 aliphatic carbocycles. The predicted molar refractivity (Wildman–Crippen MR) is 113 cm³/mol. The van der Waals surface area contributed by atoms with Crippen molar-refractivity contribution in [2.24, 2.45) is 5.10 Å². The number of nitrogens with one attached hydrogen (secondary N) is 2. The van der Waals surface area contributed by atoms with Crippen molar-refractivity contribution in [3.8, 4) is 11.6 Å². The van der Waals surface area contributed by atoms with E-state index in [1.165, 1.54) is 28.3 Å². The van der Waals surface area contributed by atoms with Gasteiger partial charge in [-0.15, -0.1) is 5.10 Å². The SMILES string of the molecule is Nc1nonc1-n1nnc(C(=O)N/N=C/c2cc(Br)ccc2O)c1C[NH+]1CCCCC1. The zero-order chi connectivity index (χ0) is 21.8. The van der Waals surface area contributed by atoms with Gasteiger partial charge in [-0.2, -0.15) is 9.78 Å². The summed E-state index contributed by atoms with van der Waals surface area (Å²) in [6.45, 7) is 2.48. The molecular formula is C18H21BrN9O3+. The minimum absolute atomic E-state index is 0.0375. The fourth-order valence-electron chi connectivity index (χ4n) is 3.45. The number of aromatic nitrogens is 5. The Morgan fingerprint density at radius 1 is 1.35 bits per heavy atom. The molecule has 1 saturated heterocycles. The van der Waals surface area contributed by atoms with Gasteiger partial charge < -0.3 is 15.7 Å². The van der Waals surface area contributed by atoms with Gasteiger partial charge in [0.25, 0.3) is 5.91 Å². The first kappa shape index (κ1) is 20.9. The van der Waals surface area contributed by atoms with Crippen molar-refractivity contribution in [3.63, 3.8) is 0 Å². The summed E-state index contributed by atoms with van der Waals surface area (Å²) in [6.07, 6.45) is 4.78. The summed E-state index contributed by atoms with van der Waals surface area (Å²) in [6, 6.07) is 4.89. The number of nitrogen functional groups attached to an aromatic ring is 1. The van der Waals surface area contributed by atoms with Gasteiger partial charge in [0.15, 0.2) is 5.69 Å². The number of hydrogen-bond acceptors (Lipinski definition) is 9. The van der Waals surface area contributed by atoms with E-state index in [9.17, 15) is 9.90 Å². The van der Waals surface area contributed by atoms with Crippen LogP contribution in [-0.2, 0) is 6.54 Å². The van der Waals surface area contributed by atoms with Crippen molar-refractivity contribution in [1.29, 1.82) is 0 Å². The van der Waals surface area contributed by atoms with Gasteiger partial charge in [0, 0.05) is 10.0 Å². The van der Waals surface area contributed by atoms with Gasteiger partial charge in [-0.05, 0) is 47.8 Å². The molecular weight excluding hydrogens is 470 g/mol. The lowest BCUT2D eigenvalue weighted by atomic mass is 10.1. The molecule has 0 atom stereocenters. The van der Waals surface area contributed by atoms with Gasteiger partial charge in [-0.25, -0.2) is 10.1 Å². The largest absolute Gasteiger partial charge is 0.507 e. The highest BCUT2D eigenvalue weighted by atomic mass is 79.9. The molecule has 0 unspecified atom stereocenters. The summed E-state index contributed by atoms with van der Waals surface area (Å²) in [4.78, 5) is 14.1. The molecule has 3 heterocycles. The summed E-state index contributed by atoms with van der Waals surface area (Å²) in [7, 11) is 0. The van der Waals surface area contributed by atoms with E-state index in [4.69, 9.17) is 5.73 Å². The second-order valence-electron chi connectivity index (χ2n) is 7.16. The number of anilines is 1. The number of quaternary nitrogens is 1. The van der Waals surface area contributed by atoms with E-state index < -0.39 is 5.91 Å². The van der Waals surface area contributed by atoms with Crippen LogP contribution in [0.5, 0.6) is 5.75 Å². The molecule has 1 fully saturated rings. The summed E-state index contributed by atoms with van der Waals surface area (Å²) in [5.74, 6) is -0.274. The fourth-order valence-corrected chi connectivity index (χ4v) is 3.83. The summed E-state index contributed by atoms with van der Waals surface area (Å²) >= 11 is 3.33. The Kier molecular flexibility index (Phi) is 6.23. The third-order valence-corrected chi connectivity index (χ3v) is 5.51.